The van der Waals surface area contributed by atoms with E-state index in [-0.39, 0.29) is 17.4 Å². The molecule has 1 aliphatic heterocycles. The lowest BCUT2D eigenvalue weighted by molar-refractivity contribution is 0.0907. The van der Waals surface area contributed by atoms with Crippen LogP contribution in [0.4, 0.5) is 14.6 Å². The van der Waals surface area contributed by atoms with Crippen molar-refractivity contribution in [1.82, 2.24) is 34.3 Å². The van der Waals surface area contributed by atoms with Gasteiger partial charge in [-0.25, -0.2) is 28.2 Å². The Labute approximate surface area is 181 Å². The number of aromatic nitrogens is 7. The van der Waals surface area contributed by atoms with E-state index in [1.165, 1.54) is 23.0 Å². The molecule has 4 aromatic heterocycles. The highest BCUT2D eigenvalue weighted by Crippen LogP contribution is 2.27. The number of Topliss-reactive ketones (excluding diaryl/α,β-unsaturated/α-hetero) is 1. The number of piperidine rings is 1. The minimum absolute atomic E-state index is 0.0718. The Kier molecular flexibility index (Phi) is 5.08. The van der Waals surface area contributed by atoms with Gasteiger partial charge in [-0.05, 0) is 25.0 Å². The van der Waals surface area contributed by atoms with E-state index in [1.54, 1.807) is 36.4 Å². The summed E-state index contributed by atoms with van der Waals surface area (Å²) in [4.78, 5) is 27.9. The van der Waals surface area contributed by atoms with Gasteiger partial charge in [0.2, 0.25) is 0 Å². The SMILES string of the molecule is Cn1cc(C(=O)C2CCCN(c3cc(-c4cnc5ccc(C(F)F)nn45)ncn3)C2)cn1. The van der Waals surface area contributed by atoms with E-state index < -0.39 is 6.43 Å². The summed E-state index contributed by atoms with van der Waals surface area (Å²) in [6, 6.07) is 4.53. The standard InChI is InChI=1S/C21H20F2N8O/c1-29-10-14(8-27-29)20(32)13-3-2-6-30(11-13)19-7-16(25-12-26-19)17-9-24-18-5-4-15(21(22)23)28-31(17)18/h4-5,7-10,12-13,21H,2-3,6,11H2,1H3. The van der Waals surface area contributed by atoms with Crippen LogP contribution in [0.5, 0.6) is 0 Å². The molecule has 1 unspecified atom stereocenters. The van der Waals surface area contributed by atoms with Crippen LogP contribution in [-0.4, -0.2) is 53.2 Å². The van der Waals surface area contributed by atoms with Crippen molar-refractivity contribution in [2.24, 2.45) is 13.0 Å². The number of carbonyl (C=O) groups is 1. The first kappa shape index (κ1) is 20.2. The van der Waals surface area contributed by atoms with Gasteiger partial charge in [0.1, 0.15) is 23.5 Å². The smallest absolute Gasteiger partial charge is 0.282 e. The molecule has 9 nitrogen and oxygen atoms in total. The van der Waals surface area contributed by atoms with Gasteiger partial charge in [0.15, 0.2) is 11.4 Å². The number of fused-ring (bicyclic) bond motifs is 1. The third kappa shape index (κ3) is 3.70. The summed E-state index contributed by atoms with van der Waals surface area (Å²) in [5.74, 6) is 0.582. The quantitative estimate of drug-likeness (QED) is 0.442. The summed E-state index contributed by atoms with van der Waals surface area (Å²) in [5.41, 5.74) is 1.73. The maximum atomic E-state index is 13.1. The Balaban J connectivity index is 1.42. The van der Waals surface area contributed by atoms with E-state index in [9.17, 15) is 13.6 Å². The van der Waals surface area contributed by atoms with Gasteiger partial charge in [-0.2, -0.15) is 10.2 Å². The van der Waals surface area contributed by atoms with E-state index in [4.69, 9.17) is 0 Å². The molecule has 32 heavy (non-hydrogen) atoms. The average Bonchev–Trinajstić information content (AvgIpc) is 3.44. The molecule has 1 atom stereocenters. The number of alkyl halides is 2. The summed E-state index contributed by atoms with van der Waals surface area (Å²) in [6.07, 6.45) is 5.27. The lowest BCUT2D eigenvalue weighted by Gasteiger charge is -2.32. The minimum Gasteiger partial charge on any atom is -0.356 e. The van der Waals surface area contributed by atoms with Crippen molar-refractivity contribution in [2.75, 3.05) is 18.0 Å². The molecule has 4 aromatic rings. The molecule has 11 heteroatoms. The molecule has 1 saturated heterocycles. The first-order chi connectivity index (χ1) is 15.5. The summed E-state index contributed by atoms with van der Waals surface area (Å²) >= 11 is 0. The average molecular weight is 438 g/mol. The number of rotatable bonds is 5. The van der Waals surface area contributed by atoms with Crippen molar-refractivity contribution < 1.29 is 13.6 Å². The van der Waals surface area contributed by atoms with Crippen molar-refractivity contribution >= 4 is 17.2 Å². The molecule has 5 heterocycles. The van der Waals surface area contributed by atoms with Crippen LogP contribution in [0.25, 0.3) is 17.0 Å². The second-order valence-corrected chi connectivity index (χ2v) is 7.79. The second kappa shape index (κ2) is 8.06. The Bertz CT molecular complexity index is 1280. The molecule has 0 aliphatic carbocycles. The normalized spacial score (nSPS) is 16.8. The van der Waals surface area contributed by atoms with Gasteiger partial charge in [-0.3, -0.25) is 9.48 Å². The van der Waals surface area contributed by atoms with E-state index in [0.717, 1.165) is 19.4 Å². The van der Waals surface area contributed by atoms with Gasteiger partial charge in [-0.1, -0.05) is 0 Å². The second-order valence-electron chi connectivity index (χ2n) is 7.79. The Hall–Kier alpha value is -3.76. The molecule has 0 N–H and O–H groups in total. The van der Waals surface area contributed by atoms with Crippen LogP contribution in [0.1, 0.15) is 35.3 Å². The lowest BCUT2D eigenvalue weighted by Crippen LogP contribution is -2.39. The largest absolute Gasteiger partial charge is 0.356 e. The number of nitrogens with zero attached hydrogens (tertiary/aromatic N) is 8. The van der Waals surface area contributed by atoms with Gasteiger partial charge >= 0.3 is 0 Å². The van der Waals surface area contributed by atoms with E-state index in [0.29, 0.717) is 35.0 Å². The fourth-order valence-corrected chi connectivity index (χ4v) is 4.02. The van der Waals surface area contributed by atoms with Crippen LogP contribution in [0.3, 0.4) is 0 Å². The molecule has 1 fully saturated rings. The van der Waals surface area contributed by atoms with Crippen molar-refractivity contribution in [3.63, 3.8) is 0 Å². The third-order valence-corrected chi connectivity index (χ3v) is 5.63. The molecule has 0 spiro atoms. The number of hydrogen-bond acceptors (Lipinski definition) is 7. The van der Waals surface area contributed by atoms with Crippen LogP contribution in [0.15, 0.2) is 43.1 Å². The van der Waals surface area contributed by atoms with E-state index >= 15 is 0 Å². The Morgan fingerprint density at radius 1 is 1.19 bits per heavy atom. The zero-order chi connectivity index (χ0) is 22.2. The number of imidazole rings is 1. The number of anilines is 1. The molecule has 164 valence electrons. The van der Waals surface area contributed by atoms with E-state index in [2.05, 4.69) is 30.0 Å². The summed E-state index contributed by atoms with van der Waals surface area (Å²) in [5, 5.41) is 8.09. The highest BCUT2D eigenvalue weighted by molar-refractivity contribution is 5.97. The van der Waals surface area contributed by atoms with Gasteiger partial charge in [-0.15, -0.1) is 0 Å². The van der Waals surface area contributed by atoms with Crippen molar-refractivity contribution in [3.8, 4) is 11.4 Å². The third-order valence-electron chi connectivity index (χ3n) is 5.63. The Morgan fingerprint density at radius 2 is 2.06 bits per heavy atom. The number of halogens is 2. The van der Waals surface area contributed by atoms with Crippen molar-refractivity contribution in [3.05, 3.63) is 54.4 Å². The van der Waals surface area contributed by atoms with Gasteiger partial charge in [0, 0.05) is 38.3 Å². The monoisotopic (exact) mass is 438 g/mol. The highest BCUT2D eigenvalue weighted by atomic mass is 19.3. The fourth-order valence-electron chi connectivity index (χ4n) is 4.02. The number of aryl methyl sites for hydroxylation is 1. The molecule has 0 saturated carbocycles. The van der Waals surface area contributed by atoms with Gasteiger partial charge in [0.05, 0.1) is 23.7 Å². The molecule has 0 bridgehead atoms. The topological polar surface area (TPSA) is 94.1 Å². The van der Waals surface area contributed by atoms with Crippen LogP contribution in [0.2, 0.25) is 0 Å². The number of carbonyl (C=O) groups excluding carboxylic acids is 1. The highest BCUT2D eigenvalue weighted by Gasteiger charge is 2.28. The van der Waals surface area contributed by atoms with Crippen molar-refractivity contribution in [1.29, 1.82) is 0 Å². The molecular weight excluding hydrogens is 418 g/mol. The molecule has 0 radical (unpaired) electrons. The molecule has 1 aliphatic rings. The zero-order valence-electron chi connectivity index (χ0n) is 17.3. The first-order valence-electron chi connectivity index (χ1n) is 10.2. The Morgan fingerprint density at radius 3 is 2.84 bits per heavy atom. The van der Waals surface area contributed by atoms with E-state index in [1.807, 2.05) is 0 Å². The minimum atomic E-state index is -2.68. The number of ketones is 1. The predicted molar refractivity (Wildman–Crippen MR) is 111 cm³/mol. The van der Waals surface area contributed by atoms with Crippen molar-refractivity contribution in [2.45, 2.75) is 19.3 Å². The zero-order valence-corrected chi connectivity index (χ0v) is 17.3. The number of hydrogen-bond donors (Lipinski definition) is 0. The fraction of sp³-hybridized carbons (Fsp3) is 0.333. The first-order valence-corrected chi connectivity index (χ1v) is 10.2. The molecular formula is C21H20F2N8O. The van der Waals surface area contributed by atoms with Crippen LogP contribution >= 0.6 is 0 Å². The molecule has 5 rings (SSSR count). The summed E-state index contributed by atoms with van der Waals surface area (Å²) in [6.45, 7) is 1.29. The van der Waals surface area contributed by atoms with Gasteiger partial charge < -0.3 is 4.90 Å². The van der Waals surface area contributed by atoms with Crippen LogP contribution in [0, 0.1) is 5.92 Å². The lowest BCUT2D eigenvalue weighted by atomic mass is 9.91. The molecule has 0 amide bonds. The van der Waals surface area contributed by atoms with Gasteiger partial charge in [0.25, 0.3) is 6.43 Å². The maximum Gasteiger partial charge on any atom is 0.282 e. The van der Waals surface area contributed by atoms with Crippen LogP contribution in [-0.2, 0) is 7.05 Å². The summed E-state index contributed by atoms with van der Waals surface area (Å²) < 4.78 is 29.2. The maximum absolute atomic E-state index is 13.1. The summed E-state index contributed by atoms with van der Waals surface area (Å²) in [7, 11) is 1.78. The molecule has 0 aromatic carbocycles. The van der Waals surface area contributed by atoms with Crippen LogP contribution < -0.4 is 4.90 Å². The predicted octanol–water partition coefficient (Wildman–Crippen LogP) is 2.96.